The van der Waals surface area contributed by atoms with E-state index in [0.717, 1.165) is 5.01 Å². The molecule has 0 unspecified atom stereocenters. The van der Waals surface area contributed by atoms with Crippen molar-refractivity contribution in [3.8, 4) is 0 Å². The van der Waals surface area contributed by atoms with Crippen molar-refractivity contribution in [2.75, 3.05) is 31.9 Å². The number of alkyl halides is 1. The molecule has 0 radical (unpaired) electrons. The zero-order valence-electron chi connectivity index (χ0n) is 10.7. The van der Waals surface area contributed by atoms with Crippen molar-refractivity contribution in [2.24, 2.45) is 0 Å². The lowest BCUT2D eigenvalue weighted by Crippen LogP contribution is -2.36. The minimum absolute atomic E-state index is 0.128. The topological polar surface area (TPSA) is 49.3 Å². The van der Waals surface area contributed by atoms with Gasteiger partial charge >= 0.3 is 6.03 Å². The fraction of sp³-hybridized carbons (Fsp3) is 0.700. The summed E-state index contributed by atoms with van der Waals surface area (Å²) < 4.78 is 0. The number of carbonyl (C=O) groups excluding carboxylic acids is 1. The fourth-order valence-corrected chi connectivity index (χ4v) is 2.17. The lowest BCUT2D eigenvalue weighted by molar-refractivity contribution is 0.225. The molecule has 2 amide bonds. The summed E-state index contributed by atoms with van der Waals surface area (Å²) in [4.78, 5) is 14.7. The van der Waals surface area contributed by atoms with Crippen LogP contribution >= 0.6 is 22.9 Å². The molecule has 0 aliphatic carbocycles. The first-order chi connectivity index (χ1) is 7.79. The summed E-state index contributed by atoms with van der Waals surface area (Å²) in [5, 5.41) is 9.53. The molecule has 0 aromatic carbocycles. The number of carbonyl (C=O) groups is 1. The van der Waals surface area contributed by atoms with Crippen LogP contribution in [0.3, 0.4) is 0 Å². The van der Waals surface area contributed by atoms with Crippen LogP contribution in [0.25, 0.3) is 0 Å². The van der Waals surface area contributed by atoms with Gasteiger partial charge in [0.1, 0.15) is 5.01 Å². The lowest BCUT2D eigenvalue weighted by Gasteiger charge is -2.19. The summed E-state index contributed by atoms with van der Waals surface area (Å²) in [5.41, 5.74) is -0.223. The molecule has 0 aliphatic heterocycles. The number of halogens is 1. The number of urea groups is 1. The SMILES string of the molecule is CN(C)C(=O)N(C)c1nnc(C(C)(C)CCl)s1. The van der Waals surface area contributed by atoms with Gasteiger partial charge in [-0.3, -0.25) is 4.90 Å². The van der Waals surface area contributed by atoms with Crippen LogP contribution < -0.4 is 4.90 Å². The van der Waals surface area contributed by atoms with Gasteiger partial charge in [-0.1, -0.05) is 25.2 Å². The molecule has 5 nitrogen and oxygen atoms in total. The maximum absolute atomic E-state index is 11.7. The Hall–Kier alpha value is -0.880. The molecule has 0 aliphatic rings. The first kappa shape index (κ1) is 14.2. The van der Waals surface area contributed by atoms with E-state index in [2.05, 4.69) is 10.2 Å². The van der Waals surface area contributed by atoms with E-state index in [1.165, 1.54) is 21.1 Å². The molecule has 96 valence electrons. The van der Waals surface area contributed by atoms with E-state index in [9.17, 15) is 4.79 Å². The van der Waals surface area contributed by atoms with Gasteiger partial charge in [0.2, 0.25) is 5.13 Å². The molecule has 0 saturated carbocycles. The molecular weight excluding hydrogens is 260 g/mol. The van der Waals surface area contributed by atoms with Crippen LogP contribution in [0.5, 0.6) is 0 Å². The van der Waals surface area contributed by atoms with E-state index < -0.39 is 0 Å². The van der Waals surface area contributed by atoms with Gasteiger partial charge in [-0.15, -0.1) is 21.8 Å². The predicted molar refractivity (Wildman–Crippen MR) is 71.1 cm³/mol. The molecule has 0 N–H and O–H groups in total. The number of nitrogens with zero attached hydrogens (tertiary/aromatic N) is 4. The second kappa shape index (κ2) is 5.18. The molecule has 1 aromatic heterocycles. The van der Waals surface area contributed by atoms with Gasteiger partial charge < -0.3 is 4.90 Å². The summed E-state index contributed by atoms with van der Waals surface area (Å²) in [6, 6.07) is -0.128. The van der Waals surface area contributed by atoms with E-state index in [1.807, 2.05) is 13.8 Å². The average molecular weight is 277 g/mol. The van der Waals surface area contributed by atoms with Crippen molar-refractivity contribution >= 4 is 34.1 Å². The standard InChI is InChI=1S/C10H17ClN4OS/c1-10(2,6-11)7-12-13-8(17-7)15(5)9(16)14(3)4/h6H2,1-5H3. The molecule has 0 spiro atoms. The summed E-state index contributed by atoms with van der Waals surface area (Å²) in [6.45, 7) is 4.00. The Morgan fingerprint density at radius 3 is 2.41 bits per heavy atom. The Balaban J connectivity index is 2.92. The Kier molecular flexibility index (Phi) is 4.32. The number of hydrogen-bond acceptors (Lipinski definition) is 4. The number of rotatable bonds is 3. The summed E-state index contributed by atoms with van der Waals surface area (Å²) >= 11 is 7.27. The zero-order valence-corrected chi connectivity index (χ0v) is 12.3. The van der Waals surface area contributed by atoms with Crippen molar-refractivity contribution in [3.63, 3.8) is 0 Å². The largest absolute Gasteiger partial charge is 0.330 e. The van der Waals surface area contributed by atoms with Crippen molar-refractivity contribution in [1.82, 2.24) is 15.1 Å². The summed E-state index contributed by atoms with van der Waals surface area (Å²) in [5.74, 6) is 0.465. The Morgan fingerprint density at radius 1 is 1.35 bits per heavy atom. The van der Waals surface area contributed by atoms with E-state index >= 15 is 0 Å². The number of anilines is 1. The van der Waals surface area contributed by atoms with Gasteiger partial charge in [0.15, 0.2) is 0 Å². The number of aromatic nitrogens is 2. The number of amides is 2. The van der Waals surface area contributed by atoms with E-state index in [4.69, 9.17) is 11.6 Å². The van der Waals surface area contributed by atoms with Crippen LogP contribution in [-0.2, 0) is 5.41 Å². The smallest absolute Gasteiger partial charge is 0.325 e. The first-order valence-corrected chi connectivity index (χ1v) is 6.49. The molecule has 0 fully saturated rings. The normalized spacial score (nSPS) is 11.4. The van der Waals surface area contributed by atoms with Crippen molar-refractivity contribution in [3.05, 3.63) is 5.01 Å². The van der Waals surface area contributed by atoms with E-state index in [-0.39, 0.29) is 11.4 Å². The third-order valence-corrected chi connectivity index (χ3v) is 4.32. The van der Waals surface area contributed by atoms with Crippen molar-refractivity contribution in [1.29, 1.82) is 0 Å². The highest BCUT2D eigenvalue weighted by Gasteiger charge is 2.26. The molecule has 1 rings (SSSR count). The molecule has 7 heteroatoms. The highest BCUT2D eigenvalue weighted by molar-refractivity contribution is 7.15. The van der Waals surface area contributed by atoms with Crippen LogP contribution in [0, 0.1) is 0 Å². The van der Waals surface area contributed by atoms with E-state index in [1.54, 1.807) is 21.1 Å². The monoisotopic (exact) mass is 276 g/mol. The highest BCUT2D eigenvalue weighted by atomic mass is 35.5. The maximum atomic E-state index is 11.7. The lowest BCUT2D eigenvalue weighted by atomic mass is 9.98. The molecule has 1 heterocycles. The third kappa shape index (κ3) is 3.07. The van der Waals surface area contributed by atoms with Gasteiger partial charge in [-0.25, -0.2) is 4.79 Å². The predicted octanol–water partition coefficient (Wildman–Crippen LogP) is 2.17. The Bertz CT molecular complexity index is 405. The van der Waals surface area contributed by atoms with Gasteiger partial charge in [0.05, 0.1) is 0 Å². The fourth-order valence-electron chi connectivity index (χ4n) is 1.06. The summed E-state index contributed by atoms with van der Waals surface area (Å²) in [7, 11) is 5.08. The Morgan fingerprint density at radius 2 is 1.94 bits per heavy atom. The first-order valence-electron chi connectivity index (χ1n) is 5.14. The van der Waals surface area contributed by atoms with Crippen molar-refractivity contribution < 1.29 is 4.79 Å². The van der Waals surface area contributed by atoms with Crippen molar-refractivity contribution in [2.45, 2.75) is 19.3 Å². The molecule has 0 bridgehead atoms. The van der Waals surface area contributed by atoms with Crippen LogP contribution in [0.1, 0.15) is 18.9 Å². The van der Waals surface area contributed by atoms with Crippen LogP contribution in [0.15, 0.2) is 0 Å². The van der Waals surface area contributed by atoms with Gasteiger partial charge in [-0.2, -0.15) is 0 Å². The highest BCUT2D eigenvalue weighted by Crippen LogP contribution is 2.30. The molecular formula is C10H17ClN4OS. The summed E-state index contributed by atoms with van der Waals surface area (Å²) in [6.07, 6.45) is 0. The molecule has 0 atom stereocenters. The molecule has 0 saturated heterocycles. The third-order valence-electron chi connectivity index (χ3n) is 2.28. The minimum atomic E-state index is -0.223. The molecule has 17 heavy (non-hydrogen) atoms. The Labute approximate surface area is 110 Å². The van der Waals surface area contributed by atoms with Crippen LogP contribution in [0.4, 0.5) is 9.93 Å². The van der Waals surface area contributed by atoms with Crippen LogP contribution in [-0.4, -0.2) is 48.2 Å². The van der Waals surface area contributed by atoms with Gasteiger partial charge in [0, 0.05) is 32.4 Å². The second-order valence-electron chi connectivity index (χ2n) is 4.64. The van der Waals surface area contributed by atoms with E-state index in [0.29, 0.717) is 11.0 Å². The maximum Gasteiger partial charge on any atom is 0.325 e. The number of hydrogen-bond donors (Lipinski definition) is 0. The molecule has 1 aromatic rings. The van der Waals surface area contributed by atoms with Gasteiger partial charge in [-0.05, 0) is 0 Å². The van der Waals surface area contributed by atoms with Gasteiger partial charge in [0.25, 0.3) is 0 Å². The second-order valence-corrected chi connectivity index (χ2v) is 5.87. The minimum Gasteiger partial charge on any atom is -0.330 e. The van der Waals surface area contributed by atoms with Crippen LogP contribution in [0.2, 0.25) is 0 Å². The quantitative estimate of drug-likeness (QED) is 0.795. The zero-order chi connectivity index (χ0) is 13.2. The average Bonchev–Trinajstić information content (AvgIpc) is 2.76.